The van der Waals surface area contributed by atoms with Gasteiger partial charge in [0.1, 0.15) is 18.5 Å². The fraction of sp³-hybridized carbons (Fsp3) is 0.250. The van der Waals surface area contributed by atoms with Crippen molar-refractivity contribution in [2.24, 2.45) is 5.11 Å². The topological polar surface area (TPSA) is 93.5 Å². The molecule has 0 saturated carbocycles. The van der Waals surface area contributed by atoms with Gasteiger partial charge in [-0.25, -0.2) is 0 Å². The zero-order valence-electron chi connectivity index (χ0n) is 19.4. The van der Waals surface area contributed by atoms with E-state index >= 15 is 0 Å². The Hall–Kier alpha value is -3.74. The van der Waals surface area contributed by atoms with Gasteiger partial charge in [-0.1, -0.05) is 96.1 Å². The minimum Gasteiger partial charge on any atom is -0.371 e. The Morgan fingerprint density at radius 1 is 0.743 bits per heavy atom. The van der Waals surface area contributed by atoms with Gasteiger partial charge in [-0.05, 0) is 34.4 Å². The van der Waals surface area contributed by atoms with E-state index in [-0.39, 0.29) is 6.54 Å². The van der Waals surface area contributed by atoms with E-state index in [1.165, 1.54) is 6.08 Å². The number of azide groups is 1. The number of aldehydes is 1. The largest absolute Gasteiger partial charge is 0.371 e. The third kappa shape index (κ3) is 9.20. The molecule has 0 unspecified atom stereocenters. The summed E-state index contributed by atoms with van der Waals surface area (Å²) >= 11 is 0. The highest BCUT2D eigenvalue weighted by molar-refractivity contribution is 5.64. The lowest BCUT2D eigenvalue weighted by Gasteiger charge is -2.32. The first-order chi connectivity index (χ1) is 17.3. The summed E-state index contributed by atoms with van der Waals surface area (Å²) in [6.07, 6.45) is 1.84. The summed E-state index contributed by atoms with van der Waals surface area (Å²) in [5, 5.41) is 3.77. The average molecular weight is 472 g/mol. The molecule has 0 aliphatic carbocycles. The van der Waals surface area contributed by atoms with E-state index in [4.69, 9.17) is 19.7 Å². The highest BCUT2D eigenvalue weighted by Gasteiger charge is 2.31. The van der Waals surface area contributed by atoms with Crippen LogP contribution in [0.5, 0.6) is 0 Å². The first-order valence-corrected chi connectivity index (χ1v) is 11.4. The van der Waals surface area contributed by atoms with Crippen molar-refractivity contribution in [3.05, 3.63) is 130 Å². The standard InChI is InChI=1S/C28H29N3O4/c29-31-30-19-27(34-21-24-13-6-2-7-14-24)28(35-22-25-15-8-3-9-16-25)26(17-10-18-32)33-20-23-11-4-1-5-12-23/h1-18,26-28H,19-22H2/b17-10+/t26-,27-,28+/m1/s1. The molecule has 3 aromatic carbocycles. The SMILES string of the molecule is [N-]=[N+]=NC[C@@H](OCc1ccccc1)[C@@H](OCc1ccccc1)[C@@H](/C=C/C=O)OCc1ccccc1. The number of ether oxygens (including phenoxy) is 3. The van der Waals surface area contributed by atoms with Gasteiger partial charge in [0, 0.05) is 4.91 Å². The lowest BCUT2D eigenvalue weighted by Crippen LogP contribution is -2.43. The van der Waals surface area contributed by atoms with Crippen molar-refractivity contribution >= 4 is 6.29 Å². The molecule has 0 aromatic heterocycles. The van der Waals surface area contributed by atoms with Crippen molar-refractivity contribution in [1.82, 2.24) is 0 Å². The molecule has 7 nitrogen and oxygen atoms in total. The fourth-order valence-electron chi connectivity index (χ4n) is 3.51. The first kappa shape index (κ1) is 25.9. The predicted octanol–water partition coefficient (Wildman–Crippen LogP) is 5.81. The third-order valence-electron chi connectivity index (χ3n) is 5.27. The van der Waals surface area contributed by atoms with Crippen LogP contribution < -0.4 is 0 Å². The number of carbonyl (C=O) groups is 1. The van der Waals surface area contributed by atoms with Crippen molar-refractivity contribution in [2.45, 2.75) is 38.1 Å². The quantitative estimate of drug-likeness (QED) is 0.0919. The van der Waals surface area contributed by atoms with Crippen LogP contribution in [0.1, 0.15) is 16.7 Å². The van der Waals surface area contributed by atoms with E-state index in [1.54, 1.807) is 6.08 Å². The molecule has 0 saturated heterocycles. The second kappa shape index (κ2) is 15.2. The third-order valence-corrected chi connectivity index (χ3v) is 5.27. The molecule has 3 rings (SSSR count). The first-order valence-electron chi connectivity index (χ1n) is 11.4. The minimum absolute atomic E-state index is 0.0446. The number of nitrogens with zero attached hydrogens (tertiary/aromatic N) is 3. The molecule has 0 radical (unpaired) electrons. The van der Waals surface area contributed by atoms with Gasteiger partial charge in [0.2, 0.25) is 0 Å². The van der Waals surface area contributed by atoms with E-state index in [1.807, 2.05) is 91.0 Å². The molecule has 35 heavy (non-hydrogen) atoms. The van der Waals surface area contributed by atoms with Gasteiger partial charge in [0.25, 0.3) is 0 Å². The Morgan fingerprint density at radius 2 is 1.23 bits per heavy atom. The maximum absolute atomic E-state index is 11.2. The summed E-state index contributed by atoms with van der Waals surface area (Å²) in [5.41, 5.74) is 11.9. The number of hydrogen-bond acceptors (Lipinski definition) is 5. The Bertz CT molecular complexity index is 1070. The molecule has 0 aliphatic rings. The zero-order valence-corrected chi connectivity index (χ0v) is 19.4. The Labute approximate surface area is 205 Å². The average Bonchev–Trinajstić information content (AvgIpc) is 2.92. The number of allylic oxidation sites excluding steroid dienone is 1. The van der Waals surface area contributed by atoms with Crippen LogP contribution in [-0.4, -0.2) is 31.1 Å². The second-order valence-electron chi connectivity index (χ2n) is 7.79. The second-order valence-corrected chi connectivity index (χ2v) is 7.79. The van der Waals surface area contributed by atoms with E-state index < -0.39 is 18.3 Å². The van der Waals surface area contributed by atoms with Crippen LogP contribution in [0.15, 0.2) is 108 Å². The van der Waals surface area contributed by atoms with Crippen LogP contribution in [0.4, 0.5) is 0 Å². The number of rotatable bonds is 15. The monoisotopic (exact) mass is 471 g/mol. The van der Waals surface area contributed by atoms with Crippen LogP contribution in [-0.2, 0) is 38.8 Å². The summed E-state index contributed by atoms with van der Waals surface area (Å²) in [6.45, 7) is 0.962. The molecule has 0 fully saturated rings. The van der Waals surface area contributed by atoms with Crippen molar-refractivity contribution in [3.8, 4) is 0 Å². The van der Waals surface area contributed by atoms with E-state index in [0.29, 0.717) is 26.1 Å². The summed E-state index contributed by atoms with van der Waals surface area (Å²) in [6, 6.07) is 29.2. The van der Waals surface area contributed by atoms with Crippen molar-refractivity contribution in [2.75, 3.05) is 6.54 Å². The van der Waals surface area contributed by atoms with Gasteiger partial charge >= 0.3 is 0 Å². The van der Waals surface area contributed by atoms with Gasteiger partial charge in [0.05, 0.1) is 32.5 Å². The summed E-state index contributed by atoms with van der Waals surface area (Å²) in [7, 11) is 0. The van der Waals surface area contributed by atoms with Crippen LogP contribution in [0, 0.1) is 0 Å². The van der Waals surface area contributed by atoms with Crippen LogP contribution in [0.3, 0.4) is 0 Å². The van der Waals surface area contributed by atoms with E-state index in [9.17, 15) is 4.79 Å². The van der Waals surface area contributed by atoms with Crippen molar-refractivity contribution in [1.29, 1.82) is 0 Å². The molecule has 3 aromatic rings. The molecular formula is C28H29N3O4. The van der Waals surface area contributed by atoms with Crippen molar-refractivity contribution < 1.29 is 19.0 Å². The van der Waals surface area contributed by atoms with Crippen molar-refractivity contribution in [3.63, 3.8) is 0 Å². The molecule has 3 atom stereocenters. The van der Waals surface area contributed by atoms with Gasteiger partial charge in [-0.15, -0.1) is 0 Å². The zero-order chi connectivity index (χ0) is 24.6. The molecule has 0 amide bonds. The highest BCUT2D eigenvalue weighted by Crippen LogP contribution is 2.20. The van der Waals surface area contributed by atoms with Crippen LogP contribution in [0.25, 0.3) is 10.4 Å². The molecule has 0 heterocycles. The lowest BCUT2D eigenvalue weighted by atomic mass is 10.1. The van der Waals surface area contributed by atoms with E-state index in [0.717, 1.165) is 16.7 Å². The fourth-order valence-corrected chi connectivity index (χ4v) is 3.51. The number of benzene rings is 3. The molecule has 0 N–H and O–H groups in total. The van der Waals surface area contributed by atoms with Gasteiger partial charge in [-0.2, -0.15) is 0 Å². The van der Waals surface area contributed by atoms with E-state index in [2.05, 4.69) is 10.0 Å². The Morgan fingerprint density at radius 3 is 1.71 bits per heavy atom. The highest BCUT2D eigenvalue weighted by atomic mass is 16.6. The van der Waals surface area contributed by atoms with Gasteiger partial charge in [-0.3, -0.25) is 4.79 Å². The summed E-state index contributed by atoms with van der Waals surface area (Å²) in [5.74, 6) is 0. The molecule has 7 heteroatoms. The Balaban J connectivity index is 1.85. The molecule has 180 valence electrons. The number of hydrogen-bond donors (Lipinski definition) is 0. The maximum Gasteiger partial charge on any atom is 0.142 e. The summed E-state index contributed by atoms with van der Waals surface area (Å²) < 4.78 is 18.7. The van der Waals surface area contributed by atoms with Crippen LogP contribution >= 0.6 is 0 Å². The number of carbonyl (C=O) groups excluding carboxylic acids is 1. The molecule has 0 spiro atoms. The van der Waals surface area contributed by atoms with Gasteiger partial charge in [0.15, 0.2) is 0 Å². The van der Waals surface area contributed by atoms with Gasteiger partial charge < -0.3 is 14.2 Å². The summed E-state index contributed by atoms with van der Waals surface area (Å²) in [4.78, 5) is 14.1. The minimum atomic E-state index is -0.649. The van der Waals surface area contributed by atoms with Crippen LogP contribution in [0.2, 0.25) is 0 Å². The normalized spacial score (nSPS) is 13.6. The molecule has 0 aliphatic heterocycles. The maximum atomic E-state index is 11.2. The molecule has 0 bridgehead atoms. The Kier molecular flexibility index (Phi) is 11.3. The lowest BCUT2D eigenvalue weighted by molar-refractivity contribution is -0.135. The smallest absolute Gasteiger partial charge is 0.142 e. The molecular weight excluding hydrogens is 442 g/mol. The predicted molar refractivity (Wildman–Crippen MR) is 134 cm³/mol.